The number of pyridine rings is 1. The maximum Gasteiger partial charge on any atom is 0.339 e. The summed E-state index contributed by atoms with van der Waals surface area (Å²) in [4.78, 5) is 27.6. The third-order valence-corrected chi connectivity index (χ3v) is 3.07. The Morgan fingerprint density at radius 2 is 1.95 bits per heavy atom. The summed E-state index contributed by atoms with van der Waals surface area (Å²) in [6.45, 7) is 1.42. The topological polar surface area (TPSA) is 68.3 Å². The second-order valence-corrected chi connectivity index (χ2v) is 4.80. The predicted octanol–water partition coefficient (Wildman–Crippen LogP) is 3.06. The maximum absolute atomic E-state index is 12.9. The standard InChI is InChI=1S/C15H12ClFN2O3/c1-9(22-15(21)10-4-6-18-7-5-10)14(20)19-13-3-2-11(17)8-12(13)16/h2-9H,1H3,(H,19,20)/t9-/m1/s1. The Hall–Kier alpha value is -2.47. The molecule has 1 aromatic heterocycles. The molecular weight excluding hydrogens is 311 g/mol. The average Bonchev–Trinajstić information content (AvgIpc) is 2.50. The number of ether oxygens (including phenoxy) is 1. The average molecular weight is 323 g/mol. The minimum atomic E-state index is -1.04. The Morgan fingerprint density at radius 3 is 2.59 bits per heavy atom. The molecule has 1 atom stereocenters. The van der Waals surface area contributed by atoms with E-state index in [1.54, 1.807) is 0 Å². The van der Waals surface area contributed by atoms with E-state index in [0.717, 1.165) is 12.1 Å². The molecule has 7 heteroatoms. The van der Waals surface area contributed by atoms with Gasteiger partial charge in [0, 0.05) is 12.4 Å². The molecule has 114 valence electrons. The lowest BCUT2D eigenvalue weighted by Gasteiger charge is -2.14. The number of carbonyl (C=O) groups is 2. The van der Waals surface area contributed by atoms with E-state index in [4.69, 9.17) is 16.3 Å². The van der Waals surface area contributed by atoms with Gasteiger partial charge in [0.15, 0.2) is 6.10 Å². The van der Waals surface area contributed by atoms with Gasteiger partial charge in [0.2, 0.25) is 0 Å². The number of amides is 1. The quantitative estimate of drug-likeness (QED) is 0.878. The van der Waals surface area contributed by atoms with Crippen molar-refractivity contribution in [3.8, 4) is 0 Å². The van der Waals surface area contributed by atoms with Crippen molar-refractivity contribution < 1.29 is 18.7 Å². The molecule has 0 saturated heterocycles. The zero-order chi connectivity index (χ0) is 16.1. The van der Waals surface area contributed by atoms with Crippen LogP contribution in [0.25, 0.3) is 0 Å². The van der Waals surface area contributed by atoms with E-state index in [-0.39, 0.29) is 16.3 Å². The van der Waals surface area contributed by atoms with E-state index in [1.807, 2.05) is 0 Å². The van der Waals surface area contributed by atoms with E-state index in [0.29, 0.717) is 0 Å². The number of nitrogens with zero attached hydrogens (tertiary/aromatic N) is 1. The summed E-state index contributed by atoms with van der Waals surface area (Å²) in [7, 11) is 0. The van der Waals surface area contributed by atoms with Gasteiger partial charge in [-0.05, 0) is 37.3 Å². The first-order valence-electron chi connectivity index (χ1n) is 6.34. The monoisotopic (exact) mass is 322 g/mol. The van der Waals surface area contributed by atoms with Crippen molar-refractivity contribution in [3.05, 3.63) is 59.1 Å². The van der Waals surface area contributed by atoms with Crippen molar-refractivity contribution in [2.45, 2.75) is 13.0 Å². The van der Waals surface area contributed by atoms with Crippen molar-refractivity contribution in [3.63, 3.8) is 0 Å². The molecule has 0 saturated carbocycles. The summed E-state index contributed by atoms with van der Waals surface area (Å²) in [5.41, 5.74) is 0.523. The van der Waals surface area contributed by atoms with E-state index < -0.39 is 23.8 Å². The molecule has 0 unspecified atom stereocenters. The lowest BCUT2D eigenvalue weighted by Crippen LogP contribution is -2.30. The molecule has 2 aromatic rings. The van der Waals surface area contributed by atoms with Gasteiger partial charge in [0.1, 0.15) is 5.82 Å². The normalized spacial score (nSPS) is 11.6. The molecule has 0 fully saturated rings. The van der Waals surface area contributed by atoms with Crippen LogP contribution in [0.2, 0.25) is 5.02 Å². The molecule has 0 bridgehead atoms. The summed E-state index contributed by atoms with van der Waals surface area (Å²) in [6.07, 6.45) is 1.85. The number of anilines is 1. The van der Waals surface area contributed by atoms with Crippen molar-refractivity contribution >= 4 is 29.2 Å². The van der Waals surface area contributed by atoms with Crippen LogP contribution in [0.5, 0.6) is 0 Å². The molecule has 0 spiro atoms. The summed E-state index contributed by atoms with van der Waals surface area (Å²) >= 11 is 5.81. The highest BCUT2D eigenvalue weighted by Gasteiger charge is 2.19. The molecule has 1 amide bonds. The van der Waals surface area contributed by atoms with Crippen LogP contribution >= 0.6 is 11.6 Å². The van der Waals surface area contributed by atoms with Gasteiger partial charge in [-0.15, -0.1) is 0 Å². The van der Waals surface area contributed by atoms with Crippen molar-refractivity contribution in [1.29, 1.82) is 0 Å². The van der Waals surface area contributed by atoms with Gasteiger partial charge in [0.25, 0.3) is 5.91 Å². The molecule has 2 rings (SSSR count). The third-order valence-electron chi connectivity index (χ3n) is 2.76. The molecule has 1 heterocycles. The van der Waals surface area contributed by atoms with Crippen LogP contribution in [-0.2, 0) is 9.53 Å². The number of aromatic nitrogens is 1. The fraction of sp³-hybridized carbons (Fsp3) is 0.133. The summed E-state index contributed by atoms with van der Waals surface area (Å²) in [5, 5.41) is 2.52. The van der Waals surface area contributed by atoms with Crippen molar-refractivity contribution in [2.75, 3.05) is 5.32 Å². The lowest BCUT2D eigenvalue weighted by molar-refractivity contribution is -0.123. The summed E-state index contributed by atoms with van der Waals surface area (Å²) in [5.74, 6) is -1.73. The Kier molecular flexibility index (Phi) is 5.06. The van der Waals surface area contributed by atoms with Gasteiger partial charge < -0.3 is 10.1 Å². The summed E-state index contributed by atoms with van der Waals surface area (Å²) < 4.78 is 18.0. The molecule has 0 aliphatic carbocycles. The number of hydrogen-bond acceptors (Lipinski definition) is 4. The second-order valence-electron chi connectivity index (χ2n) is 4.40. The van der Waals surface area contributed by atoms with Crippen molar-refractivity contribution in [2.24, 2.45) is 0 Å². The minimum Gasteiger partial charge on any atom is -0.449 e. The maximum atomic E-state index is 12.9. The van der Waals surface area contributed by atoms with Crippen LogP contribution < -0.4 is 5.32 Å². The van der Waals surface area contributed by atoms with E-state index in [1.165, 1.54) is 37.5 Å². The zero-order valence-electron chi connectivity index (χ0n) is 11.5. The SMILES string of the molecule is C[C@@H](OC(=O)c1ccncc1)C(=O)Nc1ccc(F)cc1Cl. The highest BCUT2D eigenvalue weighted by atomic mass is 35.5. The molecule has 5 nitrogen and oxygen atoms in total. The van der Waals surface area contributed by atoms with Gasteiger partial charge in [-0.25, -0.2) is 9.18 Å². The van der Waals surface area contributed by atoms with Gasteiger partial charge in [-0.2, -0.15) is 0 Å². The number of nitrogens with one attached hydrogen (secondary N) is 1. The first-order chi connectivity index (χ1) is 10.5. The zero-order valence-corrected chi connectivity index (χ0v) is 12.3. The molecular formula is C15H12ClFN2O3. The smallest absolute Gasteiger partial charge is 0.339 e. The predicted molar refractivity (Wildman–Crippen MR) is 79.2 cm³/mol. The van der Waals surface area contributed by atoms with Crippen LogP contribution in [0.3, 0.4) is 0 Å². The second kappa shape index (κ2) is 7.00. The lowest BCUT2D eigenvalue weighted by atomic mass is 10.2. The highest BCUT2D eigenvalue weighted by molar-refractivity contribution is 6.33. The fourth-order valence-corrected chi connectivity index (χ4v) is 1.81. The van der Waals surface area contributed by atoms with Crippen LogP contribution in [0.4, 0.5) is 10.1 Å². The number of carbonyl (C=O) groups excluding carboxylic acids is 2. The minimum absolute atomic E-state index is 0.0565. The number of rotatable bonds is 4. The number of halogens is 2. The molecule has 0 radical (unpaired) electrons. The first kappa shape index (κ1) is 15.9. The number of esters is 1. The van der Waals surface area contributed by atoms with Gasteiger partial charge in [0.05, 0.1) is 16.3 Å². The number of hydrogen-bond donors (Lipinski definition) is 1. The van der Waals surface area contributed by atoms with E-state index in [2.05, 4.69) is 10.3 Å². The highest BCUT2D eigenvalue weighted by Crippen LogP contribution is 2.22. The molecule has 0 aliphatic rings. The Morgan fingerprint density at radius 1 is 1.27 bits per heavy atom. The van der Waals surface area contributed by atoms with Crippen molar-refractivity contribution in [1.82, 2.24) is 4.98 Å². The van der Waals surface area contributed by atoms with Crippen LogP contribution in [0, 0.1) is 5.82 Å². The van der Waals surface area contributed by atoms with Gasteiger partial charge >= 0.3 is 5.97 Å². The molecule has 1 aromatic carbocycles. The number of benzene rings is 1. The van der Waals surface area contributed by atoms with E-state index in [9.17, 15) is 14.0 Å². The third kappa shape index (κ3) is 4.02. The van der Waals surface area contributed by atoms with E-state index >= 15 is 0 Å². The fourth-order valence-electron chi connectivity index (χ4n) is 1.60. The van der Waals surface area contributed by atoms with Gasteiger partial charge in [-0.1, -0.05) is 11.6 Å². The van der Waals surface area contributed by atoms with Crippen LogP contribution in [0.1, 0.15) is 17.3 Å². The Labute approximate surface area is 131 Å². The van der Waals surface area contributed by atoms with Gasteiger partial charge in [-0.3, -0.25) is 9.78 Å². The Bertz CT molecular complexity index is 694. The molecule has 1 N–H and O–H groups in total. The molecule has 22 heavy (non-hydrogen) atoms. The van der Waals surface area contributed by atoms with Crippen LogP contribution in [-0.4, -0.2) is 23.0 Å². The molecule has 0 aliphatic heterocycles. The first-order valence-corrected chi connectivity index (χ1v) is 6.72. The largest absolute Gasteiger partial charge is 0.449 e. The summed E-state index contributed by atoms with van der Waals surface area (Å²) in [6, 6.07) is 6.51. The Balaban J connectivity index is 1.99. The van der Waals surface area contributed by atoms with Crippen LogP contribution in [0.15, 0.2) is 42.7 Å².